The molecule has 3 heterocycles. The molecule has 0 atom stereocenters. The molecule has 4 aromatic rings. The molecule has 1 fully saturated rings. The number of rotatable bonds is 3. The number of anilines is 1. The van der Waals surface area contributed by atoms with E-state index < -0.39 is 0 Å². The minimum atomic E-state index is 0.682. The molecule has 0 radical (unpaired) electrons. The van der Waals surface area contributed by atoms with Gasteiger partial charge in [-0.15, -0.1) is 0 Å². The highest BCUT2D eigenvalue weighted by Crippen LogP contribution is 2.39. The average Bonchev–Trinajstić information content (AvgIpc) is 3.33. The van der Waals surface area contributed by atoms with E-state index in [1.165, 1.54) is 30.5 Å². The molecule has 3 aromatic heterocycles. The van der Waals surface area contributed by atoms with E-state index >= 15 is 0 Å². The first-order valence-electron chi connectivity index (χ1n) is 9.30. The lowest BCUT2D eigenvalue weighted by molar-refractivity contribution is -0.0987. The number of aryl methyl sites for hydroxylation is 1. The third-order valence-corrected chi connectivity index (χ3v) is 4.40. The second kappa shape index (κ2) is 11.3. The maximum atomic E-state index is 8.00. The Bertz CT molecular complexity index is 1020. The molecule has 1 aromatic carbocycles. The van der Waals surface area contributed by atoms with E-state index in [0.29, 0.717) is 5.92 Å². The first-order valence-corrected chi connectivity index (χ1v) is 9.30. The first-order chi connectivity index (χ1) is 14.7. The zero-order chi connectivity index (χ0) is 21.9. The number of carbonyl (C=O) groups excluding carboxylic acids is 2. The minimum Gasteiger partial charge on any atom is -0.444 e. The highest BCUT2D eigenvalue weighted by molar-refractivity contribution is 5.56. The molecule has 0 amide bonds. The van der Waals surface area contributed by atoms with Gasteiger partial charge in [0.1, 0.15) is 19.4 Å². The van der Waals surface area contributed by atoms with Crippen LogP contribution in [0.3, 0.4) is 0 Å². The van der Waals surface area contributed by atoms with Crippen molar-refractivity contribution in [2.24, 2.45) is 0 Å². The van der Waals surface area contributed by atoms with Crippen molar-refractivity contribution < 1.29 is 14.0 Å². The lowest BCUT2D eigenvalue weighted by Gasteiger charge is -2.00. The number of fused-ring (bicyclic) bond motifs is 1. The van der Waals surface area contributed by atoms with Gasteiger partial charge in [-0.2, -0.15) is 9.61 Å². The Morgan fingerprint density at radius 3 is 2.37 bits per heavy atom. The Morgan fingerprint density at radius 1 is 1.10 bits per heavy atom. The highest BCUT2D eigenvalue weighted by Gasteiger charge is 2.26. The molecule has 5 rings (SSSR count). The molecule has 8 nitrogen and oxygen atoms in total. The quantitative estimate of drug-likeness (QED) is 0.549. The summed E-state index contributed by atoms with van der Waals surface area (Å²) in [5.41, 5.74) is 4.43. The van der Waals surface area contributed by atoms with Crippen molar-refractivity contribution >= 4 is 25.0 Å². The van der Waals surface area contributed by atoms with Crippen LogP contribution in [0.1, 0.15) is 30.0 Å². The average molecular weight is 407 g/mol. The largest absolute Gasteiger partial charge is 0.444 e. The lowest BCUT2D eigenvalue weighted by atomic mass is 10.1. The molecule has 1 N–H and O–H groups in total. The maximum Gasteiger partial charge on any atom is 0.181 e. The zero-order valence-electron chi connectivity index (χ0n) is 17.1. The molecule has 0 unspecified atom stereocenters. The molecule has 1 aliphatic rings. The normalized spacial score (nSPS) is 11.8. The number of hydrogen-bond donors (Lipinski definition) is 1. The van der Waals surface area contributed by atoms with Gasteiger partial charge < -0.3 is 19.3 Å². The smallest absolute Gasteiger partial charge is 0.181 e. The lowest BCUT2D eigenvalue weighted by Crippen LogP contribution is -1.99. The van der Waals surface area contributed by atoms with E-state index in [-0.39, 0.29) is 0 Å². The Balaban J connectivity index is 0.000000185. The number of oxazole rings is 1. The molecule has 156 valence electrons. The van der Waals surface area contributed by atoms with Gasteiger partial charge in [0.15, 0.2) is 17.8 Å². The van der Waals surface area contributed by atoms with Crippen LogP contribution in [0.4, 0.5) is 5.82 Å². The zero-order valence-corrected chi connectivity index (χ0v) is 17.1. The van der Waals surface area contributed by atoms with Crippen LogP contribution in [0.15, 0.2) is 59.6 Å². The third-order valence-electron chi connectivity index (χ3n) is 4.40. The van der Waals surface area contributed by atoms with Crippen LogP contribution in [0.5, 0.6) is 0 Å². The topological polar surface area (TPSA) is 102 Å². The van der Waals surface area contributed by atoms with E-state index in [2.05, 4.69) is 45.5 Å². The monoisotopic (exact) mass is 407 g/mol. The minimum absolute atomic E-state index is 0.682. The van der Waals surface area contributed by atoms with Crippen molar-refractivity contribution in [1.82, 2.24) is 19.6 Å². The van der Waals surface area contributed by atoms with Crippen LogP contribution < -0.4 is 5.32 Å². The van der Waals surface area contributed by atoms with Crippen molar-refractivity contribution in [1.29, 1.82) is 0 Å². The maximum absolute atomic E-state index is 8.00. The second-order valence-corrected chi connectivity index (χ2v) is 6.43. The summed E-state index contributed by atoms with van der Waals surface area (Å²) in [5.74, 6) is 2.48. The summed E-state index contributed by atoms with van der Waals surface area (Å²) in [4.78, 5) is 24.1. The fourth-order valence-electron chi connectivity index (χ4n) is 2.76. The molecule has 8 heteroatoms. The fraction of sp³-hybridized carbons (Fsp3) is 0.227. The van der Waals surface area contributed by atoms with E-state index in [1.54, 1.807) is 12.4 Å². The van der Waals surface area contributed by atoms with Crippen molar-refractivity contribution in [3.8, 4) is 11.3 Å². The number of hydrogen-bond acceptors (Lipinski definition) is 7. The van der Waals surface area contributed by atoms with Crippen LogP contribution in [-0.4, -0.2) is 40.2 Å². The van der Waals surface area contributed by atoms with Crippen molar-refractivity contribution in [2.45, 2.75) is 25.7 Å². The molecular formula is C22H25N5O3. The second-order valence-electron chi connectivity index (χ2n) is 6.43. The van der Waals surface area contributed by atoms with Gasteiger partial charge in [-0.1, -0.05) is 29.8 Å². The van der Waals surface area contributed by atoms with Gasteiger partial charge in [-0.25, -0.2) is 9.97 Å². The van der Waals surface area contributed by atoms with Crippen molar-refractivity contribution in [3.05, 3.63) is 66.4 Å². The molecular weight excluding hydrogens is 382 g/mol. The van der Waals surface area contributed by atoms with Gasteiger partial charge in [-0.3, -0.25) is 0 Å². The van der Waals surface area contributed by atoms with Gasteiger partial charge >= 0.3 is 0 Å². The van der Waals surface area contributed by atoms with Crippen molar-refractivity contribution in [3.63, 3.8) is 0 Å². The molecule has 1 aliphatic carbocycles. The van der Waals surface area contributed by atoms with E-state index in [4.69, 9.17) is 14.0 Å². The summed E-state index contributed by atoms with van der Waals surface area (Å²) in [7, 11) is 1.90. The van der Waals surface area contributed by atoms with Crippen LogP contribution >= 0.6 is 0 Å². The van der Waals surface area contributed by atoms with Crippen molar-refractivity contribution in [2.75, 3.05) is 12.4 Å². The van der Waals surface area contributed by atoms with E-state index in [0.717, 1.165) is 22.8 Å². The number of aromatic nitrogens is 4. The molecule has 0 saturated heterocycles. The van der Waals surface area contributed by atoms with Gasteiger partial charge in [0.2, 0.25) is 0 Å². The number of nitrogens with zero attached hydrogens (tertiary/aromatic N) is 4. The predicted molar refractivity (Wildman–Crippen MR) is 115 cm³/mol. The van der Waals surface area contributed by atoms with Gasteiger partial charge in [0, 0.05) is 30.8 Å². The van der Waals surface area contributed by atoms with Crippen LogP contribution in [0.2, 0.25) is 0 Å². The summed E-state index contributed by atoms with van der Waals surface area (Å²) in [6.45, 7) is 6.06. The number of nitrogens with one attached hydrogen (secondary N) is 1. The van der Waals surface area contributed by atoms with Gasteiger partial charge in [0.05, 0.1) is 11.9 Å². The molecule has 0 spiro atoms. The standard InChI is InChI=1S/C10H12N4.C10H9NO.2CH2O/c1-11-9-4-5-12-10-6-8(7-2-3-7)13-14(9)10;1-8-2-4-9(5-3-8)10-6-11-7-12-10;2*1-2/h4-7,11H,2-3H2,1H3;2-7H,1H3;2*1H2. The SMILES string of the molecule is C=O.C=O.CNc1ccnc2cc(C3CC3)nn12.Cc1ccc(-c2cnco2)cc1. The highest BCUT2D eigenvalue weighted by atomic mass is 16.3. The molecule has 0 aliphatic heterocycles. The van der Waals surface area contributed by atoms with Gasteiger partial charge in [0.25, 0.3) is 0 Å². The number of carbonyl (C=O) groups is 2. The molecule has 1 saturated carbocycles. The van der Waals surface area contributed by atoms with Crippen LogP contribution in [-0.2, 0) is 9.59 Å². The van der Waals surface area contributed by atoms with Crippen LogP contribution in [0.25, 0.3) is 17.0 Å². The summed E-state index contributed by atoms with van der Waals surface area (Å²) in [6, 6.07) is 12.2. The summed E-state index contributed by atoms with van der Waals surface area (Å²) >= 11 is 0. The fourth-order valence-corrected chi connectivity index (χ4v) is 2.76. The summed E-state index contributed by atoms with van der Waals surface area (Å²) in [5, 5.41) is 7.64. The Morgan fingerprint density at radius 2 is 1.80 bits per heavy atom. The van der Waals surface area contributed by atoms with E-state index in [9.17, 15) is 0 Å². The van der Waals surface area contributed by atoms with Gasteiger partial charge in [-0.05, 0) is 25.8 Å². The Labute approximate surface area is 175 Å². The summed E-state index contributed by atoms with van der Waals surface area (Å²) in [6.07, 6.45) is 7.51. The molecule has 0 bridgehead atoms. The first kappa shape index (κ1) is 22.5. The summed E-state index contributed by atoms with van der Waals surface area (Å²) < 4.78 is 7.02. The van der Waals surface area contributed by atoms with Crippen LogP contribution in [0, 0.1) is 6.92 Å². The molecule has 30 heavy (non-hydrogen) atoms. The number of benzene rings is 1. The predicted octanol–water partition coefficient (Wildman–Crippen LogP) is 3.93. The Hall–Kier alpha value is -3.81. The third kappa shape index (κ3) is 5.60. The van der Waals surface area contributed by atoms with E-state index in [1.807, 2.05) is 43.3 Å². The Kier molecular flexibility index (Phi) is 8.43.